The first-order valence-electron chi connectivity index (χ1n) is 11.9. The lowest BCUT2D eigenvalue weighted by molar-refractivity contribution is -0.113. The van der Waals surface area contributed by atoms with Crippen molar-refractivity contribution in [1.82, 2.24) is 25.1 Å². The highest BCUT2D eigenvalue weighted by Crippen LogP contribution is 2.26. The van der Waals surface area contributed by atoms with Crippen LogP contribution in [-0.2, 0) is 16.8 Å². The van der Waals surface area contributed by atoms with Crippen LogP contribution in [0.15, 0.2) is 59.2 Å². The zero-order valence-electron chi connectivity index (χ0n) is 21.5. The van der Waals surface area contributed by atoms with Crippen molar-refractivity contribution >= 4 is 40.0 Å². The second kappa shape index (κ2) is 11.3. The first-order valence-corrected chi connectivity index (χ1v) is 13.7. The maximum atomic E-state index is 12.9. The van der Waals surface area contributed by atoms with E-state index < -0.39 is 0 Å². The smallest absolute Gasteiger partial charge is 0.251 e. The lowest BCUT2D eigenvalue weighted by atomic mass is 9.87. The Bertz CT molecular complexity index is 1390. The minimum atomic E-state index is -0.187. The van der Waals surface area contributed by atoms with Crippen LogP contribution in [0, 0.1) is 13.8 Å². The minimum Gasteiger partial charge on any atom is -0.345 e. The van der Waals surface area contributed by atoms with Gasteiger partial charge < -0.3 is 10.6 Å². The number of carbonyl (C=O) groups excluding carboxylic acids is 2. The average molecular weight is 535 g/mol. The Morgan fingerprint density at radius 3 is 2.49 bits per heavy atom. The fraction of sp³-hybridized carbons (Fsp3) is 0.296. The number of amides is 2. The third-order valence-corrected chi connectivity index (χ3v) is 7.57. The number of hydrogen-bond acceptors (Lipinski definition) is 7. The number of nitrogens with one attached hydrogen (secondary N) is 2. The van der Waals surface area contributed by atoms with Crippen molar-refractivity contribution in [3.63, 3.8) is 0 Å². The molecule has 2 aromatic carbocycles. The number of nitrogens with zero attached hydrogens (tertiary/aromatic N) is 4. The Balaban J connectivity index is 1.53. The molecule has 10 heteroatoms. The molecule has 4 aromatic rings. The number of carbonyl (C=O) groups is 2. The van der Waals surface area contributed by atoms with Crippen molar-refractivity contribution in [2.24, 2.45) is 0 Å². The molecule has 0 unspecified atom stereocenters. The summed E-state index contributed by atoms with van der Waals surface area (Å²) >= 11 is 2.65. The topological polar surface area (TPSA) is 102 Å². The molecule has 0 atom stereocenters. The van der Waals surface area contributed by atoms with E-state index in [0.717, 1.165) is 16.8 Å². The zero-order valence-corrected chi connectivity index (χ0v) is 23.2. The summed E-state index contributed by atoms with van der Waals surface area (Å²) in [6, 6.07) is 13.7. The Labute approximate surface area is 224 Å². The molecule has 8 nitrogen and oxygen atoms in total. The third-order valence-electron chi connectivity index (χ3n) is 5.95. The molecule has 4 rings (SSSR count). The number of aromatic nitrogens is 4. The molecule has 0 saturated carbocycles. The van der Waals surface area contributed by atoms with E-state index in [0.29, 0.717) is 21.7 Å². The van der Waals surface area contributed by atoms with Gasteiger partial charge in [-0.05, 0) is 54.2 Å². The highest BCUT2D eigenvalue weighted by Gasteiger charge is 2.19. The summed E-state index contributed by atoms with van der Waals surface area (Å²) in [4.78, 5) is 29.4. The molecule has 0 bridgehead atoms. The summed E-state index contributed by atoms with van der Waals surface area (Å²) in [6.07, 6.45) is 1.64. The van der Waals surface area contributed by atoms with Crippen molar-refractivity contribution in [2.45, 2.75) is 51.7 Å². The van der Waals surface area contributed by atoms with Crippen molar-refractivity contribution < 1.29 is 9.59 Å². The Kier molecular flexibility index (Phi) is 8.09. The van der Waals surface area contributed by atoms with Crippen LogP contribution in [0.2, 0.25) is 0 Å². The van der Waals surface area contributed by atoms with E-state index in [2.05, 4.69) is 46.6 Å². The Morgan fingerprint density at radius 1 is 1.05 bits per heavy atom. The maximum Gasteiger partial charge on any atom is 0.251 e. The summed E-state index contributed by atoms with van der Waals surface area (Å²) in [6.45, 7) is 10.7. The first-order chi connectivity index (χ1) is 17.6. The Morgan fingerprint density at radius 2 is 1.81 bits per heavy atom. The number of rotatable bonds is 8. The summed E-state index contributed by atoms with van der Waals surface area (Å²) < 4.78 is 1.91. The van der Waals surface area contributed by atoms with Gasteiger partial charge >= 0.3 is 0 Å². The lowest BCUT2D eigenvalue weighted by Gasteiger charge is -2.19. The SMILES string of the molecule is Cc1cccc(-n2c(CNC(=O)c3ccc(C(C)(C)C)cc3)nnc2SCC(=O)Nc2nccs2)c1C. The molecule has 2 N–H and O–H groups in total. The monoisotopic (exact) mass is 534 g/mol. The molecule has 2 heterocycles. The number of aryl methyl sites for hydroxylation is 1. The van der Waals surface area contributed by atoms with E-state index in [4.69, 9.17) is 0 Å². The molecule has 0 radical (unpaired) electrons. The van der Waals surface area contributed by atoms with Gasteiger partial charge in [-0.2, -0.15) is 0 Å². The van der Waals surface area contributed by atoms with Gasteiger partial charge in [-0.1, -0.05) is 56.8 Å². The van der Waals surface area contributed by atoms with Crippen LogP contribution in [0.3, 0.4) is 0 Å². The fourth-order valence-corrected chi connectivity index (χ4v) is 4.99. The Hall–Kier alpha value is -3.50. The summed E-state index contributed by atoms with van der Waals surface area (Å²) in [7, 11) is 0. The quantitative estimate of drug-likeness (QED) is 0.298. The van der Waals surface area contributed by atoms with Crippen LogP contribution in [0.4, 0.5) is 5.13 Å². The standard InChI is InChI=1S/C27H30N6O2S2/c1-17-7-6-8-21(18(17)2)33-22(15-29-24(35)19-9-11-20(12-10-19)27(3,4)5)31-32-26(33)37-16-23(34)30-25-28-13-14-36-25/h6-14H,15-16H2,1-5H3,(H,29,35)(H,28,30,34). The minimum absolute atomic E-state index is 0.0162. The normalized spacial score (nSPS) is 11.4. The van der Waals surface area contributed by atoms with Crippen molar-refractivity contribution in [3.8, 4) is 5.69 Å². The predicted octanol–water partition coefficient (Wildman–Crippen LogP) is 5.30. The molecule has 0 saturated heterocycles. The van der Waals surface area contributed by atoms with E-state index in [1.165, 1.54) is 28.7 Å². The highest BCUT2D eigenvalue weighted by molar-refractivity contribution is 7.99. The summed E-state index contributed by atoms with van der Waals surface area (Å²) in [5.41, 5.74) is 4.87. The van der Waals surface area contributed by atoms with E-state index in [9.17, 15) is 9.59 Å². The molecule has 37 heavy (non-hydrogen) atoms. The molecule has 2 aromatic heterocycles. The van der Waals surface area contributed by atoms with Crippen LogP contribution in [0.1, 0.15) is 53.6 Å². The molecule has 0 aliphatic heterocycles. The van der Waals surface area contributed by atoms with E-state index >= 15 is 0 Å². The molecule has 0 fully saturated rings. The molecular formula is C27H30N6O2S2. The molecule has 2 amide bonds. The molecule has 192 valence electrons. The predicted molar refractivity (Wildman–Crippen MR) is 149 cm³/mol. The number of hydrogen-bond donors (Lipinski definition) is 2. The number of thioether (sulfide) groups is 1. The van der Waals surface area contributed by atoms with E-state index in [-0.39, 0.29) is 29.5 Å². The van der Waals surface area contributed by atoms with Gasteiger partial charge in [0.25, 0.3) is 5.91 Å². The molecule has 0 spiro atoms. The summed E-state index contributed by atoms with van der Waals surface area (Å²) in [5.74, 6) is 0.364. The van der Waals surface area contributed by atoms with Crippen LogP contribution in [0.25, 0.3) is 5.69 Å². The first kappa shape index (κ1) is 26.6. The van der Waals surface area contributed by atoms with Crippen LogP contribution >= 0.6 is 23.1 Å². The summed E-state index contributed by atoms with van der Waals surface area (Å²) in [5, 5.41) is 17.4. The van der Waals surface area contributed by atoms with E-state index in [1.807, 2.05) is 60.9 Å². The van der Waals surface area contributed by atoms with Crippen LogP contribution in [0.5, 0.6) is 0 Å². The largest absolute Gasteiger partial charge is 0.345 e. The molecule has 0 aliphatic carbocycles. The average Bonchev–Trinajstić information content (AvgIpc) is 3.52. The van der Waals surface area contributed by atoms with Gasteiger partial charge in [0.15, 0.2) is 16.1 Å². The maximum absolute atomic E-state index is 12.9. The second-order valence-electron chi connectivity index (χ2n) is 9.64. The van der Waals surface area contributed by atoms with Gasteiger partial charge in [0.05, 0.1) is 18.0 Å². The van der Waals surface area contributed by atoms with Crippen LogP contribution in [-0.4, -0.2) is 37.3 Å². The number of anilines is 1. The van der Waals surface area contributed by atoms with E-state index in [1.54, 1.807) is 11.6 Å². The molecular weight excluding hydrogens is 504 g/mol. The van der Waals surface area contributed by atoms with Gasteiger partial charge in [-0.25, -0.2) is 4.98 Å². The van der Waals surface area contributed by atoms with Crippen molar-refractivity contribution in [2.75, 3.05) is 11.1 Å². The van der Waals surface area contributed by atoms with Crippen molar-refractivity contribution in [1.29, 1.82) is 0 Å². The third kappa shape index (κ3) is 6.44. The van der Waals surface area contributed by atoms with Gasteiger partial charge in [0, 0.05) is 17.1 Å². The van der Waals surface area contributed by atoms with Crippen LogP contribution < -0.4 is 10.6 Å². The second-order valence-corrected chi connectivity index (χ2v) is 11.5. The van der Waals surface area contributed by atoms with Gasteiger partial charge in [-0.3, -0.25) is 14.2 Å². The van der Waals surface area contributed by atoms with Gasteiger partial charge in [-0.15, -0.1) is 21.5 Å². The highest BCUT2D eigenvalue weighted by atomic mass is 32.2. The zero-order chi connectivity index (χ0) is 26.6. The lowest BCUT2D eigenvalue weighted by Crippen LogP contribution is -2.25. The number of thiazole rings is 1. The molecule has 0 aliphatic rings. The van der Waals surface area contributed by atoms with Gasteiger partial charge in [0.1, 0.15) is 0 Å². The van der Waals surface area contributed by atoms with Gasteiger partial charge in [0.2, 0.25) is 5.91 Å². The fourth-order valence-electron chi connectivity index (χ4n) is 3.68. The number of benzene rings is 2. The van der Waals surface area contributed by atoms with Crippen molar-refractivity contribution in [3.05, 3.63) is 82.1 Å².